The number of halogens is 2. The van der Waals surface area contributed by atoms with Gasteiger partial charge in [0.1, 0.15) is 5.82 Å². The molecule has 0 atom stereocenters. The van der Waals surface area contributed by atoms with E-state index in [1.807, 2.05) is 5.01 Å². The SMILES string of the molecule is C[NH+]1CCN(NC(=O)c2ccc(Br)cc2F)CC1. The third-order valence-corrected chi connectivity index (χ3v) is 3.55. The minimum atomic E-state index is -0.512. The molecule has 1 amide bonds. The van der Waals surface area contributed by atoms with E-state index in [0.29, 0.717) is 4.47 Å². The Balaban J connectivity index is 1.99. The van der Waals surface area contributed by atoms with Gasteiger partial charge in [-0.15, -0.1) is 0 Å². The zero-order valence-corrected chi connectivity index (χ0v) is 11.8. The summed E-state index contributed by atoms with van der Waals surface area (Å²) in [6, 6.07) is 4.44. The maximum atomic E-state index is 13.6. The van der Waals surface area contributed by atoms with E-state index in [1.54, 1.807) is 6.07 Å². The molecule has 2 rings (SSSR count). The quantitative estimate of drug-likeness (QED) is 0.810. The molecule has 98 valence electrons. The van der Waals surface area contributed by atoms with Crippen LogP contribution in [0.15, 0.2) is 22.7 Å². The zero-order valence-electron chi connectivity index (χ0n) is 10.2. The number of amides is 1. The average molecular weight is 317 g/mol. The second kappa shape index (κ2) is 5.77. The predicted octanol–water partition coefficient (Wildman–Crippen LogP) is 0.0633. The summed E-state index contributed by atoms with van der Waals surface area (Å²) in [7, 11) is 2.12. The number of quaternary nitrogens is 1. The molecule has 1 saturated heterocycles. The van der Waals surface area contributed by atoms with Gasteiger partial charge in [0.05, 0.1) is 38.8 Å². The van der Waals surface area contributed by atoms with Gasteiger partial charge in [-0.3, -0.25) is 10.2 Å². The molecule has 18 heavy (non-hydrogen) atoms. The van der Waals surface area contributed by atoms with E-state index in [0.717, 1.165) is 26.2 Å². The average Bonchev–Trinajstić information content (AvgIpc) is 2.32. The van der Waals surface area contributed by atoms with Crippen molar-refractivity contribution in [2.45, 2.75) is 0 Å². The van der Waals surface area contributed by atoms with Crippen LogP contribution in [0.5, 0.6) is 0 Å². The number of hydrogen-bond donors (Lipinski definition) is 2. The molecule has 0 unspecified atom stereocenters. The maximum absolute atomic E-state index is 13.6. The van der Waals surface area contributed by atoms with Crippen LogP contribution in [0.25, 0.3) is 0 Å². The summed E-state index contributed by atoms with van der Waals surface area (Å²) >= 11 is 3.17. The van der Waals surface area contributed by atoms with Crippen molar-refractivity contribution in [3.05, 3.63) is 34.1 Å². The summed E-state index contributed by atoms with van der Waals surface area (Å²) in [6.45, 7) is 3.53. The van der Waals surface area contributed by atoms with Crippen LogP contribution < -0.4 is 10.3 Å². The molecule has 1 aliphatic heterocycles. The fraction of sp³-hybridized carbons (Fsp3) is 0.417. The van der Waals surface area contributed by atoms with Gasteiger partial charge in [-0.25, -0.2) is 9.40 Å². The Kier molecular flexibility index (Phi) is 4.31. The summed E-state index contributed by atoms with van der Waals surface area (Å²) < 4.78 is 14.2. The van der Waals surface area contributed by atoms with Crippen LogP contribution in [-0.2, 0) is 0 Å². The van der Waals surface area contributed by atoms with Crippen LogP contribution in [0, 0.1) is 5.82 Å². The van der Waals surface area contributed by atoms with Crippen LogP contribution in [0.4, 0.5) is 4.39 Å². The number of benzene rings is 1. The van der Waals surface area contributed by atoms with E-state index < -0.39 is 5.82 Å². The molecule has 0 saturated carbocycles. The first kappa shape index (κ1) is 13.5. The van der Waals surface area contributed by atoms with Crippen LogP contribution in [0.3, 0.4) is 0 Å². The summed E-state index contributed by atoms with van der Waals surface area (Å²) in [5, 5.41) is 1.84. The van der Waals surface area contributed by atoms with Crippen LogP contribution in [0.2, 0.25) is 0 Å². The lowest BCUT2D eigenvalue weighted by molar-refractivity contribution is -0.884. The van der Waals surface area contributed by atoms with E-state index in [4.69, 9.17) is 0 Å². The number of carbonyl (C=O) groups is 1. The van der Waals surface area contributed by atoms with Crippen molar-refractivity contribution in [3.8, 4) is 0 Å². The lowest BCUT2D eigenvalue weighted by Gasteiger charge is -2.30. The van der Waals surface area contributed by atoms with Crippen molar-refractivity contribution < 1.29 is 14.1 Å². The first-order valence-electron chi connectivity index (χ1n) is 5.88. The van der Waals surface area contributed by atoms with Gasteiger partial charge in [-0.2, -0.15) is 0 Å². The number of nitrogens with zero attached hydrogens (tertiary/aromatic N) is 1. The first-order chi connectivity index (χ1) is 8.56. The first-order valence-corrected chi connectivity index (χ1v) is 6.68. The zero-order chi connectivity index (χ0) is 13.1. The monoisotopic (exact) mass is 316 g/mol. The number of hydrazine groups is 1. The molecule has 0 bridgehead atoms. The van der Waals surface area contributed by atoms with Gasteiger partial charge in [-0.1, -0.05) is 15.9 Å². The van der Waals surface area contributed by atoms with Crippen molar-refractivity contribution in [1.29, 1.82) is 0 Å². The number of nitrogens with one attached hydrogen (secondary N) is 2. The van der Waals surface area contributed by atoms with Crippen molar-refractivity contribution in [2.24, 2.45) is 0 Å². The predicted molar refractivity (Wildman–Crippen MR) is 69.8 cm³/mol. The van der Waals surface area contributed by atoms with Gasteiger partial charge < -0.3 is 4.90 Å². The van der Waals surface area contributed by atoms with Gasteiger partial charge in [0, 0.05) is 4.47 Å². The molecule has 0 aromatic heterocycles. The number of likely N-dealkylation sites (N-methyl/N-ethyl adjacent to an activating group) is 1. The number of hydrogen-bond acceptors (Lipinski definition) is 2. The van der Waals surface area contributed by atoms with E-state index in [9.17, 15) is 9.18 Å². The molecule has 1 aliphatic rings. The largest absolute Gasteiger partial charge is 0.335 e. The van der Waals surface area contributed by atoms with E-state index in [1.165, 1.54) is 17.0 Å². The lowest BCUT2D eigenvalue weighted by atomic mass is 10.2. The molecule has 0 spiro atoms. The second-order valence-corrected chi connectivity index (χ2v) is 5.42. The fourth-order valence-electron chi connectivity index (χ4n) is 1.88. The Morgan fingerprint density at radius 3 is 2.72 bits per heavy atom. The van der Waals surface area contributed by atoms with Crippen molar-refractivity contribution in [3.63, 3.8) is 0 Å². The van der Waals surface area contributed by atoms with Crippen LogP contribution in [-0.4, -0.2) is 44.1 Å². The van der Waals surface area contributed by atoms with Crippen molar-refractivity contribution in [1.82, 2.24) is 10.4 Å². The highest BCUT2D eigenvalue weighted by Gasteiger charge is 2.20. The van der Waals surface area contributed by atoms with Crippen LogP contribution >= 0.6 is 15.9 Å². The Hall–Kier alpha value is -0.980. The lowest BCUT2D eigenvalue weighted by Crippen LogP contribution is -3.12. The Bertz CT molecular complexity index is 447. The molecule has 1 aromatic carbocycles. The highest BCUT2D eigenvalue weighted by atomic mass is 79.9. The van der Waals surface area contributed by atoms with Gasteiger partial charge in [-0.05, 0) is 18.2 Å². The summed E-state index contributed by atoms with van der Waals surface area (Å²) in [5.74, 6) is -0.902. The molecule has 0 aliphatic carbocycles. The molecule has 2 N–H and O–H groups in total. The number of rotatable bonds is 2. The van der Waals surface area contributed by atoms with Crippen molar-refractivity contribution in [2.75, 3.05) is 33.2 Å². The molecule has 1 aromatic rings. The Morgan fingerprint density at radius 2 is 2.11 bits per heavy atom. The summed E-state index contributed by atoms with van der Waals surface area (Å²) in [4.78, 5) is 13.4. The fourth-order valence-corrected chi connectivity index (χ4v) is 2.21. The van der Waals surface area contributed by atoms with Gasteiger partial charge in [0.15, 0.2) is 0 Å². The highest BCUT2D eigenvalue weighted by molar-refractivity contribution is 9.10. The van der Waals surface area contributed by atoms with Crippen LogP contribution in [0.1, 0.15) is 10.4 Å². The third kappa shape index (κ3) is 3.28. The second-order valence-electron chi connectivity index (χ2n) is 4.51. The Labute approximate surface area is 114 Å². The van der Waals surface area contributed by atoms with Gasteiger partial charge >= 0.3 is 0 Å². The Morgan fingerprint density at radius 1 is 1.44 bits per heavy atom. The van der Waals surface area contributed by atoms with E-state index in [-0.39, 0.29) is 11.5 Å². The number of carbonyl (C=O) groups excluding carboxylic acids is 1. The minimum absolute atomic E-state index is 0.0736. The molecule has 0 radical (unpaired) electrons. The summed E-state index contributed by atoms with van der Waals surface area (Å²) in [6.07, 6.45) is 0. The molecule has 4 nitrogen and oxygen atoms in total. The third-order valence-electron chi connectivity index (χ3n) is 3.05. The normalized spacial score (nSPS) is 17.7. The van der Waals surface area contributed by atoms with Gasteiger partial charge in [0.2, 0.25) is 0 Å². The van der Waals surface area contributed by atoms with E-state index in [2.05, 4.69) is 28.4 Å². The highest BCUT2D eigenvalue weighted by Crippen LogP contribution is 2.15. The van der Waals surface area contributed by atoms with E-state index >= 15 is 0 Å². The summed E-state index contributed by atoms with van der Waals surface area (Å²) in [5.41, 5.74) is 2.82. The molecule has 1 heterocycles. The minimum Gasteiger partial charge on any atom is -0.335 e. The maximum Gasteiger partial charge on any atom is 0.268 e. The number of piperazine rings is 1. The smallest absolute Gasteiger partial charge is 0.268 e. The van der Waals surface area contributed by atoms with Gasteiger partial charge in [0.25, 0.3) is 5.91 Å². The molecular formula is C12H16BrFN3O+. The topological polar surface area (TPSA) is 36.8 Å². The molecule has 6 heteroatoms. The molecular weight excluding hydrogens is 301 g/mol. The standard InChI is InChI=1S/C12H15BrFN3O/c1-16-4-6-17(7-5-16)15-12(18)10-3-2-9(13)8-11(10)14/h2-3,8H,4-7H2,1H3,(H,15,18)/p+1. The van der Waals surface area contributed by atoms with Crippen molar-refractivity contribution >= 4 is 21.8 Å². The molecule has 1 fully saturated rings.